The molecule has 0 spiro atoms. The summed E-state index contributed by atoms with van der Waals surface area (Å²) in [5, 5.41) is 11.8. The van der Waals surface area contributed by atoms with E-state index in [1.807, 2.05) is 91.0 Å². The zero-order chi connectivity index (χ0) is 40.8. The van der Waals surface area contributed by atoms with E-state index in [1.54, 1.807) is 0 Å². The maximum Gasteiger partial charge on any atom is 0.475 e. The predicted octanol–water partition coefficient (Wildman–Crippen LogP) is 3.55. The second-order valence-corrected chi connectivity index (χ2v) is 14.2. The van der Waals surface area contributed by atoms with Crippen molar-refractivity contribution in [3.63, 3.8) is 0 Å². The monoisotopic (exact) mass is 806 g/mol. The summed E-state index contributed by atoms with van der Waals surface area (Å²) in [5.74, 6) is -1.88. The first-order valence-corrected chi connectivity index (χ1v) is 20.0. The number of esters is 1. The van der Waals surface area contributed by atoms with Crippen LogP contribution in [0.1, 0.15) is 29.5 Å². The lowest BCUT2D eigenvalue weighted by molar-refractivity contribution is -0.141. The fourth-order valence-electron chi connectivity index (χ4n) is 5.90. The van der Waals surface area contributed by atoms with Gasteiger partial charge in [0.05, 0.1) is 64.2 Å². The van der Waals surface area contributed by atoms with Gasteiger partial charge in [-0.1, -0.05) is 103 Å². The van der Waals surface area contributed by atoms with Crippen LogP contribution in [0.15, 0.2) is 116 Å². The predicted molar refractivity (Wildman–Crippen MR) is 212 cm³/mol. The highest BCUT2D eigenvalue weighted by atomic mass is 31.2. The standard InChI is InChI=1S/C41H51N4O11P/c1-3-23-54-57(50,55-24-4-2)56-27-22-42-38(47)31-52-29-28-51-26-21-43-39(48)36(30-37(46)44-35-20-25-53-40(35)49)45-41(32-14-8-5-9-15-32,33-16-10-6-11-17-33)34-18-12-7-13-19-34/h3-19,35-36,45H,1-2,20-31H2,(H,42,47)(H,43,48)(H,44,46)/t35-,36-/m0/s1. The molecule has 1 heterocycles. The minimum absolute atomic E-state index is 0.0328. The second-order valence-electron chi connectivity index (χ2n) is 12.6. The van der Waals surface area contributed by atoms with Crippen molar-refractivity contribution >= 4 is 31.5 Å². The maximum absolute atomic E-state index is 14.0. The smallest absolute Gasteiger partial charge is 0.464 e. The molecule has 1 aliphatic heterocycles. The Bertz CT molecular complexity index is 1670. The van der Waals surface area contributed by atoms with Crippen molar-refractivity contribution in [2.75, 3.05) is 65.9 Å². The second kappa shape index (κ2) is 23.9. The van der Waals surface area contributed by atoms with Gasteiger partial charge in [0.15, 0.2) is 0 Å². The molecule has 0 aromatic heterocycles. The van der Waals surface area contributed by atoms with Gasteiger partial charge in [0, 0.05) is 19.5 Å². The molecule has 3 amide bonds. The molecule has 0 aliphatic carbocycles. The van der Waals surface area contributed by atoms with E-state index in [-0.39, 0.29) is 72.4 Å². The molecule has 1 fully saturated rings. The van der Waals surface area contributed by atoms with Crippen LogP contribution < -0.4 is 21.3 Å². The number of amides is 3. The lowest BCUT2D eigenvalue weighted by atomic mass is 9.76. The van der Waals surface area contributed by atoms with Gasteiger partial charge in [-0.05, 0) is 16.7 Å². The van der Waals surface area contributed by atoms with Gasteiger partial charge in [0.1, 0.15) is 12.6 Å². The number of rotatable bonds is 27. The molecule has 16 heteroatoms. The molecule has 15 nitrogen and oxygen atoms in total. The molecule has 2 atom stereocenters. The lowest BCUT2D eigenvalue weighted by Gasteiger charge is -2.39. The van der Waals surface area contributed by atoms with Gasteiger partial charge in [-0.25, -0.2) is 9.36 Å². The van der Waals surface area contributed by atoms with E-state index in [2.05, 4.69) is 34.4 Å². The quantitative estimate of drug-likeness (QED) is 0.0289. The van der Waals surface area contributed by atoms with Crippen molar-refractivity contribution in [1.82, 2.24) is 21.3 Å². The van der Waals surface area contributed by atoms with Crippen LogP contribution in [-0.2, 0) is 57.1 Å². The average molecular weight is 807 g/mol. The van der Waals surface area contributed by atoms with Gasteiger partial charge in [-0.15, -0.1) is 13.2 Å². The Balaban J connectivity index is 1.32. The summed E-state index contributed by atoms with van der Waals surface area (Å²) >= 11 is 0. The summed E-state index contributed by atoms with van der Waals surface area (Å²) in [6.45, 7) is 7.23. The third-order valence-electron chi connectivity index (χ3n) is 8.51. The number of ether oxygens (including phenoxy) is 3. The third kappa shape index (κ3) is 14.2. The Morgan fingerprint density at radius 2 is 1.30 bits per heavy atom. The molecule has 3 aromatic carbocycles. The molecular weight excluding hydrogens is 755 g/mol. The van der Waals surface area contributed by atoms with Gasteiger partial charge < -0.3 is 30.2 Å². The van der Waals surface area contributed by atoms with E-state index < -0.39 is 49.1 Å². The fraction of sp³-hybridized carbons (Fsp3) is 0.366. The molecule has 3 aromatic rings. The van der Waals surface area contributed by atoms with Crippen LogP contribution in [0.3, 0.4) is 0 Å². The highest BCUT2D eigenvalue weighted by Gasteiger charge is 2.41. The van der Waals surface area contributed by atoms with Crippen molar-refractivity contribution in [1.29, 1.82) is 0 Å². The fourth-order valence-corrected chi connectivity index (χ4v) is 7.02. The topological polar surface area (TPSA) is 189 Å². The van der Waals surface area contributed by atoms with Crippen LogP contribution in [0.25, 0.3) is 0 Å². The zero-order valence-electron chi connectivity index (χ0n) is 31.8. The summed E-state index contributed by atoms with van der Waals surface area (Å²) in [6, 6.07) is 27.2. The van der Waals surface area contributed by atoms with Crippen molar-refractivity contribution < 1.29 is 51.5 Å². The molecule has 4 rings (SSSR count). The zero-order valence-corrected chi connectivity index (χ0v) is 32.7. The van der Waals surface area contributed by atoms with E-state index in [0.717, 1.165) is 16.7 Å². The van der Waals surface area contributed by atoms with Crippen molar-refractivity contribution in [3.8, 4) is 0 Å². The first-order valence-electron chi connectivity index (χ1n) is 18.6. The Kier molecular flexibility index (Phi) is 18.8. The number of phosphoric ester groups is 1. The number of carbonyl (C=O) groups excluding carboxylic acids is 4. The third-order valence-corrected chi connectivity index (χ3v) is 9.94. The van der Waals surface area contributed by atoms with Gasteiger partial charge in [0.25, 0.3) is 0 Å². The minimum Gasteiger partial charge on any atom is -0.464 e. The number of benzene rings is 3. The summed E-state index contributed by atoms with van der Waals surface area (Å²) in [4.78, 5) is 51.7. The SMILES string of the molecule is C=CCOP(=O)(OCC=C)OCCNC(=O)COCCOCCNC(=O)[C@H](CC(=O)N[C@H]1CCOC1=O)NC(c1ccccc1)(c1ccccc1)c1ccccc1. The lowest BCUT2D eigenvalue weighted by Crippen LogP contribution is -2.57. The molecule has 4 N–H and O–H groups in total. The Labute approximate surface area is 333 Å². The largest absolute Gasteiger partial charge is 0.475 e. The first kappa shape index (κ1) is 44.7. The summed E-state index contributed by atoms with van der Waals surface area (Å²) < 4.78 is 43.9. The molecule has 0 unspecified atom stereocenters. The first-order chi connectivity index (χ1) is 27.7. The highest BCUT2D eigenvalue weighted by molar-refractivity contribution is 7.48. The van der Waals surface area contributed by atoms with Crippen LogP contribution in [0.5, 0.6) is 0 Å². The molecule has 0 saturated carbocycles. The average Bonchev–Trinajstić information content (AvgIpc) is 3.64. The molecule has 1 aliphatic rings. The van der Waals surface area contributed by atoms with Crippen molar-refractivity contribution in [2.24, 2.45) is 0 Å². The van der Waals surface area contributed by atoms with Crippen LogP contribution in [0.4, 0.5) is 0 Å². The molecule has 0 radical (unpaired) electrons. The van der Waals surface area contributed by atoms with Crippen LogP contribution in [0, 0.1) is 0 Å². The molecule has 0 bridgehead atoms. The van der Waals surface area contributed by atoms with E-state index >= 15 is 0 Å². The summed E-state index contributed by atoms with van der Waals surface area (Å²) in [5.41, 5.74) is 1.48. The maximum atomic E-state index is 14.0. The van der Waals surface area contributed by atoms with Crippen molar-refractivity contribution in [2.45, 2.75) is 30.5 Å². The number of nitrogens with one attached hydrogen (secondary N) is 4. The van der Waals surface area contributed by atoms with Crippen LogP contribution >= 0.6 is 7.82 Å². The summed E-state index contributed by atoms with van der Waals surface area (Å²) in [6.07, 6.45) is 2.87. The highest BCUT2D eigenvalue weighted by Crippen LogP contribution is 2.49. The van der Waals surface area contributed by atoms with Crippen LogP contribution in [0.2, 0.25) is 0 Å². The minimum atomic E-state index is -3.83. The Hall–Kier alpha value is -4.99. The van der Waals surface area contributed by atoms with E-state index in [9.17, 15) is 23.7 Å². The Morgan fingerprint density at radius 3 is 1.82 bits per heavy atom. The van der Waals surface area contributed by atoms with E-state index in [4.69, 9.17) is 27.8 Å². The van der Waals surface area contributed by atoms with Crippen LogP contribution in [-0.4, -0.2) is 102 Å². The molecule has 306 valence electrons. The van der Waals surface area contributed by atoms with Gasteiger partial charge in [-0.3, -0.25) is 33.3 Å². The van der Waals surface area contributed by atoms with E-state index in [0.29, 0.717) is 6.42 Å². The van der Waals surface area contributed by atoms with Gasteiger partial charge in [0.2, 0.25) is 17.7 Å². The molecule has 57 heavy (non-hydrogen) atoms. The normalized spacial score (nSPS) is 14.6. The number of hydrogen-bond donors (Lipinski definition) is 4. The number of cyclic esters (lactones) is 1. The number of hydrogen-bond acceptors (Lipinski definition) is 12. The van der Waals surface area contributed by atoms with Gasteiger partial charge >= 0.3 is 13.8 Å². The number of phosphoric acid groups is 1. The number of carbonyl (C=O) groups is 4. The van der Waals surface area contributed by atoms with Gasteiger partial charge in [-0.2, -0.15) is 0 Å². The molecule has 1 saturated heterocycles. The molecular formula is C41H51N4O11P. The Morgan fingerprint density at radius 1 is 0.754 bits per heavy atom. The summed E-state index contributed by atoms with van der Waals surface area (Å²) in [7, 11) is -3.83. The van der Waals surface area contributed by atoms with E-state index in [1.165, 1.54) is 12.2 Å². The van der Waals surface area contributed by atoms with Crippen molar-refractivity contribution in [3.05, 3.63) is 133 Å².